The molecule has 0 unspecified atom stereocenters. The zero-order chi connectivity index (χ0) is 8.43. The van der Waals surface area contributed by atoms with Gasteiger partial charge >= 0.3 is 0 Å². The van der Waals surface area contributed by atoms with Crippen LogP contribution in [-0.2, 0) is 7.05 Å². The number of rotatable bonds is 2. The monoisotopic (exact) mass is 154 g/mol. The lowest BCUT2D eigenvalue weighted by atomic mass is 10.3. The molecular weight excluding hydrogens is 140 g/mol. The SMILES string of the molecule is CCOc1c(C)c(C)nn1C. The van der Waals surface area contributed by atoms with E-state index in [1.54, 1.807) is 4.68 Å². The maximum atomic E-state index is 5.39. The van der Waals surface area contributed by atoms with Crippen molar-refractivity contribution in [2.24, 2.45) is 7.05 Å². The zero-order valence-electron chi connectivity index (χ0n) is 7.51. The molecule has 1 heterocycles. The molecule has 0 saturated heterocycles. The highest BCUT2D eigenvalue weighted by molar-refractivity contribution is 5.28. The van der Waals surface area contributed by atoms with E-state index >= 15 is 0 Å². The molecule has 0 aliphatic rings. The van der Waals surface area contributed by atoms with Gasteiger partial charge in [0.2, 0.25) is 5.88 Å². The van der Waals surface area contributed by atoms with Gasteiger partial charge in [-0.2, -0.15) is 5.10 Å². The second-order valence-electron chi connectivity index (χ2n) is 2.57. The molecule has 0 amide bonds. The van der Waals surface area contributed by atoms with Gasteiger partial charge in [0.1, 0.15) is 0 Å². The summed E-state index contributed by atoms with van der Waals surface area (Å²) in [6.45, 7) is 6.67. The molecule has 0 aliphatic heterocycles. The fraction of sp³-hybridized carbons (Fsp3) is 0.625. The van der Waals surface area contributed by atoms with Gasteiger partial charge in [-0.3, -0.25) is 0 Å². The van der Waals surface area contributed by atoms with Crippen LogP contribution < -0.4 is 4.74 Å². The van der Waals surface area contributed by atoms with Crippen LogP contribution in [0.4, 0.5) is 0 Å². The molecule has 3 heteroatoms. The summed E-state index contributed by atoms with van der Waals surface area (Å²) in [5.74, 6) is 0.880. The Hall–Kier alpha value is -0.990. The maximum Gasteiger partial charge on any atom is 0.214 e. The summed E-state index contributed by atoms with van der Waals surface area (Å²) < 4.78 is 7.16. The van der Waals surface area contributed by atoms with Crippen LogP contribution in [0.5, 0.6) is 5.88 Å². The van der Waals surface area contributed by atoms with Crippen LogP contribution in [-0.4, -0.2) is 16.4 Å². The molecule has 11 heavy (non-hydrogen) atoms. The number of aromatic nitrogens is 2. The first-order valence-corrected chi connectivity index (χ1v) is 3.79. The Morgan fingerprint density at radius 3 is 2.45 bits per heavy atom. The van der Waals surface area contributed by atoms with Gasteiger partial charge in [0.15, 0.2) is 0 Å². The minimum atomic E-state index is 0.694. The molecule has 0 aliphatic carbocycles. The Bertz CT molecular complexity index is 253. The van der Waals surface area contributed by atoms with Gasteiger partial charge in [0, 0.05) is 12.6 Å². The average Bonchev–Trinajstić information content (AvgIpc) is 2.17. The molecule has 0 saturated carbocycles. The molecule has 1 aromatic rings. The summed E-state index contributed by atoms with van der Waals surface area (Å²) in [7, 11) is 1.89. The average molecular weight is 154 g/mol. The number of ether oxygens (including phenoxy) is 1. The Balaban J connectivity index is 3.02. The van der Waals surface area contributed by atoms with Crippen LogP contribution in [0, 0.1) is 13.8 Å². The van der Waals surface area contributed by atoms with Gasteiger partial charge in [0.05, 0.1) is 12.3 Å². The standard InChI is InChI=1S/C8H14N2O/c1-5-11-8-6(2)7(3)9-10(8)4/h5H2,1-4H3. The van der Waals surface area contributed by atoms with Gasteiger partial charge < -0.3 is 4.74 Å². The number of aryl methyl sites for hydroxylation is 2. The molecule has 0 aromatic carbocycles. The summed E-state index contributed by atoms with van der Waals surface area (Å²) in [6.07, 6.45) is 0. The molecule has 0 bridgehead atoms. The molecule has 0 spiro atoms. The third-order valence-electron chi connectivity index (χ3n) is 1.74. The highest BCUT2D eigenvalue weighted by Crippen LogP contribution is 2.18. The van der Waals surface area contributed by atoms with Gasteiger partial charge in [-0.25, -0.2) is 4.68 Å². The van der Waals surface area contributed by atoms with Crippen molar-refractivity contribution >= 4 is 0 Å². The van der Waals surface area contributed by atoms with Gasteiger partial charge in [-0.1, -0.05) is 0 Å². The van der Waals surface area contributed by atoms with Crippen molar-refractivity contribution in [2.45, 2.75) is 20.8 Å². The molecule has 3 nitrogen and oxygen atoms in total. The smallest absolute Gasteiger partial charge is 0.214 e. The predicted molar refractivity (Wildman–Crippen MR) is 43.9 cm³/mol. The molecule has 1 aromatic heterocycles. The summed E-state index contributed by atoms with van der Waals surface area (Å²) in [5, 5.41) is 4.22. The molecule has 1 rings (SSSR count). The Morgan fingerprint density at radius 2 is 2.09 bits per heavy atom. The third kappa shape index (κ3) is 1.37. The fourth-order valence-electron chi connectivity index (χ4n) is 1.08. The van der Waals surface area contributed by atoms with Gasteiger partial charge in [-0.15, -0.1) is 0 Å². The second-order valence-corrected chi connectivity index (χ2v) is 2.57. The zero-order valence-corrected chi connectivity index (χ0v) is 7.51. The van der Waals surface area contributed by atoms with E-state index < -0.39 is 0 Å². The van der Waals surface area contributed by atoms with Crippen molar-refractivity contribution < 1.29 is 4.74 Å². The lowest BCUT2D eigenvalue weighted by Gasteiger charge is -2.02. The van der Waals surface area contributed by atoms with Crippen molar-refractivity contribution in [1.29, 1.82) is 0 Å². The molecule has 0 radical (unpaired) electrons. The largest absolute Gasteiger partial charge is 0.478 e. The van der Waals surface area contributed by atoms with Crippen molar-refractivity contribution in [2.75, 3.05) is 6.61 Å². The first-order chi connectivity index (χ1) is 5.16. The van der Waals surface area contributed by atoms with Crippen molar-refractivity contribution in [3.63, 3.8) is 0 Å². The quantitative estimate of drug-likeness (QED) is 0.644. The molecule has 62 valence electrons. The van der Waals surface area contributed by atoms with Crippen LogP contribution in [0.25, 0.3) is 0 Å². The number of nitrogens with zero attached hydrogens (tertiary/aromatic N) is 2. The normalized spacial score (nSPS) is 10.2. The van der Waals surface area contributed by atoms with E-state index in [4.69, 9.17) is 4.74 Å². The highest BCUT2D eigenvalue weighted by Gasteiger charge is 2.08. The van der Waals surface area contributed by atoms with Crippen LogP contribution in [0.3, 0.4) is 0 Å². The van der Waals surface area contributed by atoms with Crippen molar-refractivity contribution in [3.8, 4) is 5.88 Å². The lowest BCUT2D eigenvalue weighted by Crippen LogP contribution is -1.99. The number of hydrogen-bond donors (Lipinski definition) is 0. The van der Waals surface area contributed by atoms with Crippen LogP contribution >= 0.6 is 0 Å². The van der Waals surface area contributed by atoms with E-state index in [0.717, 1.165) is 17.1 Å². The maximum absolute atomic E-state index is 5.39. The number of hydrogen-bond acceptors (Lipinski definition) is 2. The Kier molecular flexibility index (Phi) is 2.17. The third-order valence-corrected chi connectivity index (χ3v) is 1.74. The molecule has 0 fully saturated rings. The van der Waals surface area contributed by atoms with E-state index in [9.17, 15) is 0 Å². The van der Waals surface area contributed by atoms with Gasteiger partial charge in [-0.05, 0) is 20.8 Å². The topological polar surface area (TPSA) is 27.1 Å². The van der Waals surface area contributed by atoms with Gasteiger partial charge in [0.25, 0.3) is 0 Å². The highest BCUT2D eigenvalue weighted by atomic mass is 16.5. The fourth-order valence-corrected chi connectivity index (χ4v) is 1.08. The van der Waals surface area contributed by atoms with E-state index in [1.807, 2.05) is 27.8 Å². The van der Waals surface area contributed by atoms with Crippen LogP contribution in [0.2, 0.25) is 0 Å². The minimum absolute atomic E-state index is 0.694. The minimum Gasteiger partial charge on any atom is -0.478 e. The first kappa shape index (κ1) is 8.11. The summed E-state index contributed by atoms with van der Waals surface area (Å²) in [5.41, 5.74) is 2.17. The Labute approximate surface area is 67.0 Å². The van der Waals surface area contributed by atoms with E-state index in [-0.39, 0.29) is 0 Å². The molecule has 0 atom stereocenters. The van der Waals surface area contributed by atoms with Crippen LogP contribution in [0.1, 0.15) is 18.2 Å². The van der Waals surface area contributed by atoms with E-state index in [2.05, 4.69) is 5.10 Å². The van der Waals surface area contributed by atoms with E-state index in [0.29, 0.717) is 6.61 Å². The van der Waals surface area contributed by atoms with E-state index in [1.165, 1.54) is 0 Å². The lowest BCUT2D eigenvalue weighted by molar-refractivity contribution is 0.307. The molecular formula is C8H14N2O. The predicted octanol–water partition coefficient (Wildman–Crippen LogP) is 1.44. The Morgan fingerprint density at radius 1 is 1.45 bits per heavy atom. The second kappa shape index (κ2) is 2.95. The first-order valence-electron chi connectivity index (χ1n) is 3.79. The van der Waals surface area contributed by atoms with Crippen molar-refractivity contribution in [1.82, 2.24) is 9.78 Å². The summed E-state index contributed by atoms with van der Waals surface area (Å²) >= 11 is 0. The van der Waals surface area contributed by atoms with Crippen molar-refractivity contribution in [3.05, 3.63) is 11.3 Å². The summed E-state index contributed by atoms with van der Waals surface area (Å²) in [4.78, 5) is 0. The molecule has 0 N–H and O–H groups in total. The summed E-state index contributed by atoms with van der Waals surface area (Å²) in [6, 6.07) is 0. The van der Waals surface area contributed by atoms with Crippen LogP contribution in [0.15, 0.2) is 0 Å².